The molecule has 0 atom stereocenters. The summed E-state index contributed by atoms with van der Waals surface area (Å²) < 4.78 is 26.6. The summed E-state index contributed by atoms with van der Waals surface area (Å²) in [5.41, 5.74) is 0.328. The minimum atomic E-state index is -3.99. The van der Waals surface area contributed by atoms with Crippen LogP contribution in [0.15, 0.2) is 41.4 Å². The number of hydrogen-bond acceptors (Lipinski definition) is 5. The van der Waals surface area contributed by atoms with Crippen molar-refractivity contribution in [1.29, 1.82) is 0 Å². The molecule has 0 saturated carbocycles. The van der Waals surface area contributed by atoms with E-state index < -0.39 is 27.3 Å². The Bertz CT molecular complexity index is 802. The van der Waals surface area contributed by atoms with Crippen LogP contribution in [-0.4, -0.2) is 29.6 Å². The molecule has 0 bridgehead atoms. The van der Waals surface area contributed by atoms with Crippen molar-refractivity contribution >= 4 is 21.8 Å². The van der Waals surface area contributed by atoms with E-state index in [-0.39, 0.29) is 10.7 Å². The Labute approximate surface area is 120 Å². The van der Waals surface area contributed by atoms with Crippen molar-refractivity contribution in [2.45, 2.75) is 11.8 Å². The van der Waals surface area contributed by atoms with Crippen LogP contribution in [0.4, 0.5) is 5.82 Å². The Morgan fingerprint density at radius 1 is 1.24 bits per heavy atom. The highest BCUT2D eigenvalue weighted by molar-refractivity contribution is 7.92. The monoisotopic (exact) mass is 308 g/mol. The quantitative estimate of drug-likeness (QED) is 0.789. The van der Waals surface area contributed by atoms with E-state index in [1.807, 2.05) is 0 Å². The van der Waals surface area contributed by atoms with Crippen LogP contribution in [0.25, 0.3) is 0 Å². The molecule has 3 N–H and O–H groups in total. The number of benzene rings is 1. The second-order valence-electron chi connectivity index (χ2n) is 4.31. The van der Waals surface area contributed by atoms with Crippen LogP contribution in [0.2, 0.25) is 0 Å². The summed E-state index contributed by atoms with van der Waals surface area (Å²) in [5.74, 6) is -1.80. The smallest absolute Gasteiger partial charge is 0.339 e. The number of carboxylic acid groups (broad SMARTS) is 1. The highest BCUT2D eigenvalue weighted by Crippen LogP contribution is 2.22. The number of aromatic carboxylic acids is 1. The summed E-state index contributed by atoms with van der Waals surface area (Å²) in [6.07, 6.45) is 1.45. The average molecular weight is 308 g/mol. The first-order valence-corrected chi connectivity index (χ1v) is 7.30. The molecular formula is C13H12N2O5S. The summed E-state index contributed by atoms with van der Waals surface area (Å²) in [5, 5.41) is 18.3. The zero-order valence-corrected chi connectivity index (χ0v) is 11.8. The molecule has 0 radical (unpaired) electrons. The molecule has 1 heterocycles. The van der Waals surface area contributed by atoms with Crippen LogP contribution >= 0.6 is 0 Å². The Morgan fingerprint density at radius 2 is 1.95 bits per heavy atom. The molecule has 0 amide bonds. The number of anilines is 1. The number of nitrogens with one attached hydrogen (secondary N) is 1. The van der Waals surface area contributed by atoms with E-state index in [9.17, 15) is 18.3 Å². The van der Waals surface area contributed by atoms with E-state index in [2.05, 4.69) is 9.71 Å². The van der Waals surface area contributed by atoms with Gasteiger partial charge in [-0.05, 0) is 42.8 Å². The number of hydrogen-bond donors (Lipinski definition) is 3. The molecule has 1 aromatic carbocycles. The van der Waals surface area contributed by atoms with Gasteiger partial charge in [-0.2, -0.15) is 0 Å². The Morgan fingerprint density at radius 3 is 2.57 bits per heavy atom. The molecule has 0 aliphatic carbocycles. The van der Waals surface area contributed by atoms with Gasteiger partial charge in [0.05, 0.1) is 4.90 Å². The van der Waals surface area contributed by atoms with Gasteiger partial charge in [0.1, 0.15) is 17.1 Å². The molecule has 2 aromatic rings. The number of aromatic hydroxyl groups is 1. The topological polar surface area (TPSA) is 117 Å². The van der Waals surface area contributed by atoms with Gasteiger partial charge in [0.2, 0.25) is 0 Å². The lowest BCUT2D eigenvalue weighted by atomic mass is 10.2. The highest BCUT2D eigenvalue weighted by atomic mass is 32.2. The second kappa shape index (κ2) is 5.41. The van der Waals surface area contributed by atoms with Gasteiger partial charge in [-0.1, -0.05) is 0 Å². The fraction of sp³-hybridized carbons (Fsp3) is 0.0769. The number of sulfonamides is 1. The first-order valence-electron chi connectivity index (χ1n) is 5.81. The predicted molar refractivity (Wildman–Crippen MR) is 74.8 cm³/mol. The van der Waals surface area contributed by atoms with E-state index in [1.165, 1.54) is 12.3 Å². The number of rotatable bonds is 4. The molecule has 0 spiro atoms. The summed E-state index contributed by atoms with van der Waals surface area (Å²) in [4.78, 5) is 14.5. The zero-order chi connectivity index (χ0) is 15.6. The number of aromatic nitrogens is 1. The van der Waals surface area contributed by atoms with Gasteiger partial charge in [-0.3, -0.25) is 4.72 Å². The molecule has 0 aliphatic heterocycles. The van der Waals surface area contributed by atoms with E-state index in [4.69, 9.17) is 5.11 Å². The summed E-state index contributed by atoms with van der Waals surface area (Å²) in [7, 11) is -3.99. The molecule has 110 valence electrons. The Kier molecular flexibility index (Phi) is 3.81. The molecule has 0 saturated heterocycles. The van der Waals surface area contributed by atoms with Crippen LogP contribution in [0.3, 0.4) is 0 Å². The fourth-order valence-electron chi connectivity index (χ4n) is 1.64. The number of carboxylic acids is 1. The number of carbonyl (C=O) groups is 1. The SMILES string of the molecule is Cc1ccnc(NS(=O)(=O)c2ccc(O)c(C(=O)O)c2)c1. The third kappa shape index (κ3) is 3.29. The summed E-state index contributed by atoms with van der Waals surface area (Å²) in [6, 6.07) is 6.26. The molecule has 0 fully saturated rings. The van der Waals surface area contributed by atoms with Crippen molar-refractivity contribution in [3.8, 4) is 5.75 Å². The number of pyridine rings is 1. The minimum absolute atomic E-state index is 0.125. The maximum absolute atomic E-state index is 12.2. The van der Waals surface area contributed by atoms with E-state index in [0.717, 1.165) is 23.8 Å². The molecule has 7 nitrogen and oxygen atoms in total. The number of aryl methyl sites for hydroxylation is 1. The van der Waals surface area contributed by atoms with Crippen LogP contribution in [0.1, 0.15) is 15.9 Å². The summed E-state index contributed by atoms with van der Waals surface area (Å²) >= 11 is 0. The van der Waals surface area contributed by atoms with Gasteiger partial charge >= 0.3 is 5.97 Å². The average Bonchev–Trinajstić information content (AvgIpc) is 2.38. The van der Waals surface area contributed by atoms with Crippen molar-refractivity contribution in [3.05, 3.63) is 47.7 Å². The van der Waals surface area contributed by atoms with Gasteiger partial charge < -0.3 is 10.2 Å². The van der Waals surface area contributed by atoms with Crippen molar-refractivity contribution in [2.24, 2.45) is 0 Å². The highest BCUT2D eigenvalue weighted by Gasteiger charge is 2.19. The van der Waals surface area contributed by atoms with Crippen molar-refractivity contribution < 1.29 is 23.4 Å². The maximum atomic E-state index is 12.2. The first kappa shape index (κ1) is 14.8. The predicted octanol–water partition coefficient (Wildman–Crippen LogP) is 1.59. The third-order valence-corrected chi connectivity index (χ3v) is 4.02. The van der Waals surface area contributed by atoms with Crippen LogP contribution in [0.5, 0.6) is 5.75 Å². The molecule has 0 unspecified atom stereocenters. The van der Waals surface area contributed by atoms with Gasteiger partial charge in [-0.25, -0.2) is 18.2 Å². The third-order valence-electron chi connectivity index (χ3n) is 2.66. The largest absolute Gasteiger partial charge is 0.507 e. The van der Waals surface area contributed by atoms with E-state index in [1.54, 1.807) is 13.0 Å². The van der Waals surface area contributed by atoms with Gasteiger partial charge in [0.15, 0.2) is 0 Å². The number of phenols is 1. The second-order valence-corrected chi connectivity index (χ2v) is 5.99. The van der Waals surface area contributed by atoms with Crippen molar-refractivity contribution in [3.63, 3.8) is 0 Å². The fourth-order valence-corrected chi connectivity index (χ4v) is 2.67. The van der Waals surface area contributed by atoms with E-state index >= 15 is 0 Å². The Balaban J connectivity index is 2.40. The van der Waals surface area contributed by atoms with Crippen molar-refractivity contribution in [1.82, 2.24) is 4.98 Å². The lowest BCUT2D eigenvalue weighted by Gasteiger charge is -2.09. The van der Waals surface area contributed by atoms with Gasteiger partial charge in [0, 0.05) is 6.20 Å². The van der Waals surface area contributed by atoms with Crippen molar-refractivity contribution in [2.75, 3.05) is 4.72 Å². The standard InChI is InChI=1S/C13H12N2O5S/c1-8-4-5-14-12(6-8)15-21(19,20)9-2-3-11(16)10(7-9)13(17)18/h2-7,16H,1H3,(H,14,15)(H,17,18). The Hall–Kier alpha value is -2.61. The summed E-state index contributed by atoms with van der Waals surface area (Å²) in [6.45, 7) is 1.78. The van der Waals surface area contributed by atoms with Crippen LogP contribution in [0, 0.1) is 6.92 Å². The number of nitrogens with zero attached hydrogens (tertiary/aromatic N) is 1. The lowest BCUT2D eigenvalue weighted by molar-refractivity contribution is 0.0693. The lowest BCUT2D eigenvalue weighted by Crippen LogP contribution is -2.14. The van der Waals surface area contributed by atoms with Gasteiger partial charge in [-0.15, -0.1) is 0 Å². The zero-order valence-electron chi connectivity index (χ0n) is 10.9. The first-order chi connectivity index (χ1) is 9.79. The van der Waals surface area contributed by atoms with Crippen LogP contribution < -0.4 is 4.72 Å². The molecule has 1 aromatic heterocycles. The molecule has 2 rings (SSSR count). The normalized spacial score (nSPS) is 11.1. The molecule has 8 heteroatoms. The van der Waals surface area contributed by atoms with Gasteiger partial charge in [0.25, 0.3) is 10.0 Å². The van der Waals surface area contributed by atoms with Crippen LogP contribution in [-0.2, 0) is 10.0 Å². The maximum Gasteiger partial charge on any atom is 0.339 e. The molecule has 21 heavy (non-hydrogen) atoms. The van der Waals surface area contributed by atoms with E-state index in [0.29, 0.717) is 0 Å². The minimum Gasteiger partial charge on any atom is -0.507 e. The molecular weight excluding hydrogens is 296 g/mol. The molecule has 0 aliphatic rings.